The molecule has 3 amide bonds. The lowest BCUT2D eigenvalue weighted by molar-refractivity contribution is -0.139. The number of ether oxygens (including phenoxy) is 1. The van der Waals surface area contributed by atoms with Crippen LogP contribution in [0, 0.1) is 4.64 Å². The largest absolute Gasteiger partial charge is 0.481 e. The highest BCUT2D eigenvalue weighted by Crippen LogP contribution is 2.21. The highest BCUT2D eigenvalue weighted by molar-refractivity contribution is 7.71. The molecule has 15 heteroatoms. The second-order valence-electron chi connectivity index (χ2n) is 10.2. The zero-order valence-electron chi connectivity index (χ0n) is 24.6. The molecule has 2 atom stereocenters. The summed E-state index contributed by atoms with van der Waals surface area (Å²) in [5.41, 5.74) is 1.14. The molecule has 0 aliphatic rings. The molecule has 0 fully saturated rings. The summed E-state index contributed by atoms with van der Waals surface area (Å²) in [6.45, 7) is 1.66. The Morgan fingerprint density at radius 1 is 0.933 bits per heavy atom. The molecule has 0 spiro atoms. The minimum Gasteiger partial charge on any atom is -0.481 e. The summed E-state index contributed by atoms with van der Waals surface area (Å²) in [5, 5.41) is 35.9. The highest BCUT2D eigenvalue weighted by Gasteiger charge is 2.28. The molecule has 45 heavy (non-hydrogen) atoms. The van der Waals surface area contributed by atoms with E-state index in [1.807, 2.05) is 13.0 Å². The Morgan fingerprint density at radius 3 is 2.29 bits per heavy atom. The van der Waals surface area contributed by atoms with Crippen LogP contribution >= 0.6 is 12.2 Å². The smallest absolute Gasteiger partial charge is 0.341 e. The fourth-order valence-corrected chi connectivity index (χ4v) is 4.57. The Labute approximate surface area is 263 Å². The Balaban J connectivity index is 1.85. The van der Waals surface area contributed by atoms with Gasteiger partial charge in [0, 0.05) is 19.4 Å². The molecule has 2 aromatic carbocycles. The first kappa shape index (κ1) is 34.4. The molecular formula is C30H36N6O8S. The van der Waals surface area contributed by atoms with Gasteiger partial charge < -0.3 is 30.9 Å². The molecule has 0 aliphatic carbocycles. The van der Waals surface area contributed by atoms with E-state index in [2.05, 4.69) is 31.4 Å². The van der Waals surface area contributed by atoms with E-state index in [1.165, 1.54) is 18.2 Å². The topological polar surface area (TPSA) is 216 Å². The molecule has 0 saturated carbocycles. The molecule has 0 saturated heterocycles. The van der Waals surface area contributed by atoms with Gasteiger partial charge in [0.15, 0.2) is 6.61 Å². The van der Waals surface area contributed by atoms with E-state index >= 15 is 0 Å². The third-order valence-electron chi connectivity index (χ3n) is 6.66. The Bertz CT molecular complexity index is 1540. The SMILES string of the molecule is CCCCCNC(=O)[C@H](Cc1ccc(OCC(=O)O)c(C(=O)O)c1)NC(=O)C(Cc1ccccc1)NC(=O)Cc1n[nH][nH]c1=S. The van der Waals surface area contributed by atoms with Crippen molar-refractivity contribution in [2.45, 2.75) is 57.5 Å². The highest BCUT2D eigenvalue weighted by atomic mass is 32.1. The van der Waals surface area contributed by atoms with Crippen LogP contribution in [0.4, 0.5) is 0 Å². The summed E-state index contributed by atoms with van der Waals surface area (Å²) >= 11 is 5.11. The van der Waals surface area contributed by atoms with Gasteiger partial charge in [0.2, 0.25) is 17.7 Å². The van der Waals surface area contributed by atoms with Crippen molar-refractivity contribution < 1.29 is 38.9 Å². The predicted molar refractivity (Wildman–Crippen MR) is 164 cm³/mol. The predicted octanol–water partition coefficient (Wildman–Crippen LogP) is 1.93. The number of H-pyrrole nitrogens is 2. The van der Waals surface area contributed by atoms with Gasteiger partial charge in [-0.15, -0.1) is 0 Å². The van der Waals surface area contributed by atoms with Crippen LogP contribution in [-0.4, -0.2) is 80.5 Å². The van der Waals surface area contributed by atoms with Crippen LogP contribution in [0.2, 0.25) is 0 Å². The summed E-state index contributed by atoms with van der Waals surface area (Å²) in [6, 6.07) is 10.9. The lowest BCUT2D eigenvalue weighted by Gasteiger charge is -2.24. The molecular weight excluding hydrogens is 604 g/mol. The maximum atomic E-state index is 13.7. The molecule has 1 unspecified atom stereocenters. The molecule has 0 radical (unpaired) electrons. The molecule has 1 heterocycles. The number of carbonyl (C=O) groups is 5. The standard InChI is InChI=1S/C30H36N6O8S/c1-2-3-7-12-31-27(40)21(15-19-10-11-24(44-17-26(38)39)20(13-19)30(42)43)33-28(41)22(14-18-8-5-4-6-9-18)32-25(37)16-23-29(45)35-36-34-23/h4-6,8-11,13,21-22H,2-3,7,12,14-17H2,1H3,(H,31,40)(H,32,37)(H,33,41)(H,38,39)(H,42,43)(H2,34,35,36,45)/t21-,22?/m0/s1. The van der Waals surface area contributed by atoms with E-state index in [9.17, 15) is 29.1 Å². The van der Waals surface area contributed by atoms with Gasteiger partial charge in [-0.2, -0.15) is 5.10 Å². The van der Waals surface area contributed by atoms with Crippen LogP contribution in [0.15, 0.2) is 48.5 Å². The van der Waals surface area contributed by atoms with Gasteiger partial charge in [0.1, 0.15) is 33.7 Å². The van der Waals surface area contributed by atoms with Crippen LogP contribution < -0.4 is 20.7 Å². The molecule has 7 N–H and O–H groups in total. The van der Waals surface area contributed by atoms with E-state index in [4.69, 9.17) is 22.1 Å². The molecule has 3 aromatic rings. The van der Waals surface area contributed by atoms with Crippen LogP contribution in [-0.2, 0) is 38.4 Å². The molecule has 240 valence electrons. The number of amides is 3. The van der Waals surface area contributed by atoms with Crippen LogP contribution in [0.1, 0.15) is 53.4 Å². The second kappa shape index (κ2) is 17.3. The first-order chi connectivity index (χ1) is 21.6. The lowest BCUT2D eigenvalue weighted by Crippen LogP contribution is -2.55. The quantitative estimate of drug-likeness (QED) is 0.0792. The second-order valence-corrected chi connectivity index (χ2v) is 10.6. The zero-order chi connectivity index (χ0) is 32.8. The number of carboxylic acids is 2. The number of rotatable bonds is 18. The third kappa shape index (κ3) is 11.2. The van der Waals surface area contributed by atoms with E-state index in [0.717, 1.165) is 24.8 Å². The minimum absolute atomic E-state index is 0.0980. The number of hydrogen-bond acceptors (Lipinski definition) is 8. The number of benzene rings is 2. The first-order valence-corrected chi connectivity index (χ1v) is 14.7. The van der Waals surface area contributed by atoms with E-state index < -0.39 is 48.4 Å². The number of hydrogen-bond donors (Lipinski definition) is 7. The minimum atomic E-state index is -1.36. The number of nitrogens with one attached hydrogen (secondary N) is 5. The van der Waals surface area contributed by atoms with Crippen molar-refractivity contribution in [2.75, 3.05) is 13.2 Å². The average molecular weight is 641 g/mol. The number of aromatic nitrogens is 3. The van der Waals surface area contributed by atoms with Crippen molar-refractivity contribution >= 4 is 41.9 Å². The summed E-state index contributed by atoms with van der Waals surface area (Å²) in [7, 11) is 0. The van der Waals surface area contributed by atoms with E-state index in [0.29, 0.717) is 17.8 Å². The van der Waals surface area contributed by atoms with Gasteiger partial charge in [0.25, 0.3) is 0 Å². The maximum absolute atomic E-state index is 13.7. The number of aromatic carboxylic acids is 1. The molecule has 14 nitrogen and oxygen atoms in total. The summed E-state index contributed by atoms with van der Waals surface area (Å²) in [4.78, 5) is 62.7. The van der Waals surface area contributed by atoms with Crippen molar-refractivity contribution in [3.8, 4) is 5.75 Å². The van der Waals surface area contributed by atoms with Crippen molar-refractivity contribution in [2.24, 2.45) is 0 Å². The van der Waals surface area contributed by atoms with E-state index in [1.54, 1.807) is 24.3 Å². The summed E-state index contributed by atoms with van der Waals surface area (Å²) in [5.74, 6) is -4.42. The summed E-state index contributed by atoms with van der Waals surface area (Å²) < 4.78 is 5.35. The number of carbonyl (C=O) groups excluding carboxylic acids is 3. The monoisotopic (exact) mass is 640 g/mol. The number of carboxylic acid groups (broad SMARTS) is 2. The number of aliphatic carboxylic acids is 1. The maximum Gasteiger partial charge on any atom is 0.341 e. The normalized spacial score (nSPS) is 12.0. The molecule has 1 aromatic heterocycles. The van der Waals surface area contributed by atoms with Gasteiger partial charge in [0.05, 0.1) is 6.42 Å². The lowest BCUT2D eigenvalue weighted by atomic mass is 10.0. The molecule has 0 aliphatic heterocycles. The fraction of sp³-hybridized carbons (Fsp3) is 0.367. The summed E-state index contributed by atoms with van der Waals surface area (Å²) in [6.07, 6.45) is 2.39. The molecule has 3 rings (SSSR count). The van der Waals surface area contributed by atoms with Crippen molar-refractivity contribution in [3.63, 3.8) is 0 Å². The van der Waals surface area contributed by atoms with Gasteiger partial charge >= 0.3 is 11.9 Å². The van der Waals surface area contributed by atoms with Crippen molar-refractivity contribution in [3.05, 3.63) is 75.6 Å². The Hall–Kier alpha value is -5.05. The van der Waals surface area contributed by atoms with Gasteiger partial charge in [-0.1, -0.05) is 68.4 Å². The van der Waals surface area contributed by atoms with Crippen molar-refractivity contribution in [1.82, 2.24) is 31.4 Å². The van der Waals surface area contributed by atoms with Crippen LogP contribution in [0.5, 0.6) is 5.75 Å². The average Bonchev–Trinajstić information content (AvgIpc) is 3.41. The number of nitrogens with zero attached hydrogens (tertiary/aromatic N) is 1. The molecule has 0 bridgehead atoms. The number of aromatic amines is 2. The van der Waals surface area contributed by atoms with E-state index in [-0.39, 0.29) is 35.2 Å². The number of unbranched alkanes of at least 4 members (excludes halogenated alkanes) is 2. The first-order valence-electron chi connectivity index (χ1n) is 14.3. The van der Waals surface area contributed by atoms with Crippen LogP contribution in [0.25, 0.3) is 0 Å². The van der Waals surface area contributed by atoms with Gasteiger partial charge in [-0.3, -0.25) is 19.5 Å². The Kier molecular flexibility index (Phi) is 13.2. The van der Waals surface area contributed by atoms with Crippen molar-refractivity contribution in [1.29, 1.82) is 0 Å². The third-order valence-corrected chi connectivity index (χ3v) is 7.00. The zero-order valence-corrected chi connectivity index (χ0v) is 25.4. The fourth-order valence-electron chi connectivity index (χ4n) is 4.41. The Morgan fingerprint density at radius 2 is 1.64 bits per heavy atom. The van der Waals surface area contributed by atoms with Gasteiger partial charge in [-0.25, -0.2) is 14.8 Å². The van der Waals surface area contributed by atoms with Gasteiger partial charge in [-0.05, 0) is 29.7 Å². The van der Waals surface area contributed by atoms with Crippen LogP contribution in [0.3, 0.4) is 0 Å².